The van der Waals surface area contributed by atoms with Crippen molar-refractivity contribution in [1.29, 1.82) is 0 Å². The quantitative estimate of drug-likeness (QED) is 0.108. The van der Waals surface area contributed by atoms with Gasteiger partial charge in [0, 0.05) is 0 Å². The van der Waals surface area contributed by atoms with Crippen LogP contribution in [0.5, 0.6) is 0 Å². The van der Waals surface area contributed by atoms with Gasteiger partial charge in [-0.1, -0.05) is 46.4 Å². The third kappa shape index (κ3) is 7.44. The summed E-state index contributed by atoms with van der Waals surface area (Å²) in [6.07, 6.45) is -7.70. The number of hydrogen-bond donors (Lipinski definition) is 1. The number of thioether (sulfide) groups is 2. The molecule has 1 fully saturated rings. The first-order valence-electron chi connectivity index (χ1n) is 13.8. The van der Waals surface area contributed by atoms with E-state index in [1.54, 1.807) is 26.4 Å². The summed E-state index contributed by atoms with van der Waals surface area (Å²) < 4.78 is 94.9. The van der Waals surface area contributed by atoms with Crippen molar-refractivity contribution in [3.8, 4) is 11.4 Å². The fraction of sp³-hybridized carbons (Fsp3) is 0.345. The third-order valence-electron chi connectivity index (χ3n) is 7.22. The second-order valence-corrected chi connectivity index (χ2v) is 13.7. The van der Waals surface area contributed by atoms with Crippen LogP contribution in [0.1, 0.15) is 41.4 Å². The Kier molecular flexibility index (Phi) is 11.2. The molecular weight excluding hydrogens is 786 g/mol. The molecule has 0 aliphatic carbocycles. The summed E-state index contributed by atoms with van der Waals surface area (Å²) in [4.78, 5) is 5.75. The molecular formula is C29H23Cl4F6N5O3S2. The lowest BCUT2D eigenvalue weighted by Gasteiger charge is -2.14. The molecule has 5 rings (SSSR count). The predicted molar refractivity (Wildman–Crippen MR) is 178 cm³/mol. The fourth-order valence-corrected chi connectivity index (χ4v) is 7.68. The van der Waals surface area contributed by atoms with Gasteiger partial charge in [0.25, 0.3) is 0 Å². The Morgan fingerprint density at radius 2 is 1.37 bits per heavy atom. The SMILES string of the molecule is CSc1c(/C(C)=N/c2c(SC)c(C3OCC(CO)O3)nn2-c2c(Cl)cc(C(F)(F)F)cc2Cl)nn(-c2c(Cl)cc(C(F)(F)F)cc2Cl)c1C. The van der Waals surface area contributed by atoms with Gasteiger partial charge in [-0.05, 0) is 50.6 Å². The standard InChI is InChI=1S/C29H23Cl4F6N5O3S2/c1-11(20-24(48-3)12(2)43(41-20)22-16(30)5-13(6-17(22)31)28(34,35)36)40-26-25(49-4)21(27-46-10-15(9-45)47-27)42-44(26)23-18(32)7-14(8-19(23)33)29(37,38)39/h5-8,15,27,45H,9-10H2,1-4H3/b40-11+. The van der Waals surface area contributed by atoms with E-state index in [4.69, 9.17) is 60.9 Å². The predicted octanol–water partition coefficient (Wildman–Crippen LogP) is 10.0. The molecule has 1 aliphatic rings. The molecule has 1 saturated heterocycles. The molecule has 2 aromatic heterocycles. The van der Waals surface area contributed by atoms with E-state index in [9.17, 15) is 31.4 Å². The maximum Gasteiger partial charge on any atom is 0.416 e. The van der Waals surface area contributed by atoms with Crippen molar-refractivity contribution < 1.29 is 40.9 Å². The Labute approximate surface area is 303 Å². The lowest BCUT2D eigenvalue weighted by molar-refractivity contribution is -0.138. The summed E-state index contributed by atoms with van der Waals surface area (Å²) in [6.45, 7) is 2.98. The number of halogens is 10. The Morgan fingerprint density at radius 1 is 0.878 bits per heavy atom. The maximum absolute atomic E-state index is 13.6. The highest BCUT2D eigenvalue weighted by atomic mass is 35.5. The van der Waals surface area contributed by atoms with Gasteiger partial charge in [0.05, 0.1) is 65.6 Å². The minimum absolute atomic E-state index is 0.0117. The van der Waals surface area contributed by atoms with Crippen molar-refractivity contribution in [3.63, 3.8) is 0 Å². The summed E-state index contributed by atoms with van der Waals surface area (Å²) in [5.74, 6) is 0.0769. The average Bonchev–Trinajstić information content (AvgIpc) is 3.71. The van der Waals surface area contributed by atoms with E-state index < -0.39 is 35.9 Å². The molecule has 0 spiro atoms. The van der Waals surface area contributed by atoms with Crippen LogP contribution in [0.25, 0.3) is 11.4 Å². The van der Waals surface area contributed by atoms with Gasteiger partial charge in [-0.25, -0.2) is 14.4 Å². The normalized spacial score (nSPS) is 17.4. The van der Waals surface area contributed by atoms with Gasteiger partial charge < -0.3 is 14.6 Å². The van der Waals surface area contributed by atoms with E-state index in [1.165, 1.54) is 32.9 Å². The van der Waals surface area contributed by atoms with Crippen LogP contribution in [-0.2, 0) is 21.8 Å². The van der Waals surface area contributed by atoms with Crippen LogP contribution in [0, 0.1) is 6.92 Å². The molecule has 0 saturated carbocycles. The van der Waals surface area contributed by atoms with Crippen molar-refractivity contribution in [2.75, 3.05) is 25.7 Å². The van der Waals surface area contributed by atoms with Gasteiger partial charge >= 0.3 is 12.4 Å². The van der Waals surface area contributed by atoms with Gasteiger partial charge in [0.2, 0.25) is 6.29 Å². The van der Waals surface area contributed by atoms with E-state index in [-0.39, 0.29) is 67.6 Å². The van der Waals surface area contributed by atoms with Gasteiger partial charge in [-0.15, -0.1) is 23.5 Å². The Morgan fingerprint density at radius 3 is 1.80 bits per heavy atom. The van der Waals surface area contributed by atoms with E-state index in [2.05, 4.69) is 10.2 Å². The van der Waals surface area contributed by atoms with Crippen LogP contribution < -0.4 is 0 Å². The number of ether oxygens (including phenoxy) is 2. The molecule has 1 N–H and O–H groups in total. The zero-order valence-electron chi connectivity index (χ0n) is 25.5. The average molecular weight is 809 g/mol. The number of alkyl halides is 6. The molecule has 4 aromatic rings. The van der Waals surface area contributed by atoms with Gasteiger partial charge in [0.15, 0.2) is 5.82 Å². The van der Waals surface area contributed by atoms with Crippen molar-refractivity contribution in [3.05, 3.63) is 72.6 Å². The van der Waals surface area contributed by atoms with Crippen molar-refractivity contribution in [2.24, 2.45) is 4.99 Å². The lowest BCUT2D eigenvalue weighted by Crippen LogP contribution is -2.14. The first-order chi connectivity index (χ1) is 22.9. The Hall–Kier alpha value is -2.15. The van der Waals surface area contributed by atoms with Gasteiger partial charge in [-0.3, -0.25) is 0 Å². The highest BCUT2D eigenvalue weighted by Gasteiger charge is 2.37. The minimum Gasteiger partial charge on any atom is -0.394 e. The smallest absolute Gasteiger partial charge is 0.394 e. The largest absolute Gasteiger partial charge is 0.416 e. The topological polar surface area (TPSA) is 86.7 Å². The highest BCUT2D eigenvalue weighted by molar-refractivity contribution is 7.99. The number of hydrogen-bond acceptors (Lipinski definition) is 8. The van der Waals surface area contributed by atoms with Gasteiger partial charge in [0.1, 0.15) is 28.9 Å². The number of nitrogens with zero attached hydrogens (tertiary/aromatic N) is 5. The molecule has 20 heteroatoms. The zero-order chi connectivity index (χ0) is 36.2. The van der Waals surface area contributed by atoms with Crippen LogP contribution in [-0.4, -0.2) is 62.2 Å². The Balaban J connectivity index is 1.72. The molecule has 2 unspecified atom stereocenters. The van der Waals surface area contributed by atoms with E-state index in [0.29, 0.717) is 27.6 Å². The summed E-state index contributed by atoms with van der Waals surface area (Å²) in [7, 11) is 0. The summed E-state index contributed by atoms with van der Waals surface area (Å²) in [5, 5.41) is 17.4. The molecule has 2 aromatic carbocycles. The monoisotopic (exact) mass is 807 g/mol. The number of aliphatic hydroxyl groups is 1. The second kappa shape index (κ2) is 14.5. The first kappa shape index (κ1) is 38.1. The van der Waals surface area contributed by atoms with Crippen molar-refractivity contribution in [1.82, 2.24) is 19.6 Å². The van der Waals surface area contributed by atoms with Crippen LogP contribution in [0.3, 0.4) is 0 Å². The second-order valence-electron chi connectivity index (χ2n) is 10.4. The number of aromatic nitrogens is 4. The van der Waals surface area contributed by atoms with Crippen LogP contribution in [0.4, 0.5) is 32.2 Å². The summed E-state index contributed by atoms with van der Waals surface area (Å²) in [6, 6.07) is 2.92. The summed E-state index contributed by atoms with van der Waals surface area (Å²) >= 11 is 27.9. The lowest BCUT2D eigenvalue weighted by atomic mass is 10.2. The molecule has 264 valence electrons. The van der Waals surface area contributed by atoms with E-state index >= 15 is 0 Å². The number of rotatable bonds is 8. The highest BCUT2D eigenvalue weighted by Crippen LogP contribution is 2.45. The number of benzene rings is 2. The van der Waals surface area contributed by atoms with Crippen LogP contribution in [0.15, 0.2) is 39.0 Å². The molecule has 49 heavy (non-hydrogen) atoms. The number of aliphatic hydroxyl groups excluding tert-OH is 1. The molecule has 0 amide bonds. The molecule has 3 heterocycles. The van der Waals surface area contributed by atoms with Crippen molar-refractivity contribution >= 4 is 81.5 Å². The molecule has 1 aliphatic heterocycles. The zero-order valence-corrected chi connectivity index (χ0v) is 30.1. The Bertz CT molecular complexity index is 1900. The molecule has 8 nitrogen and oxygen atoms in total. The molecule has 2 atom stereocenters. The molecule has 0 bridgehead atoms. The van der Waals surface area contributed by atoms with Crippen molar-refractivity contribution in [2.45, 2.75) is 48.4 Å². The maximum atomic E-state index is 13.6. The van der Waals surface area contributed by atoms with Crippen LogP contribution in [0.2, 0.25) is 20.1 Å². The molecule has 0 radical (unpaired) electrons. The summed E-state index contributed by atoms with van der Waals surface area (Å²) in [5.41, 5.74) is -0.994. The van der Waals surface area contributed by atoms with Gasteiger partial charge in [-0.2, -0.15) is 36.5 Å². The van der Waals surface area contributed by atoms with E-state index in [0.717, 1.165) is 12.1 Å². The number of aliphatic imine (C=N–C) groups is 1. The van der Waals surface area contributed by atoms with Crippen LogP contribution >= 0.6 is 69.9 Å². The third-order valence-corrected chi connectivity index (χ3v) is 10.1. The van der Waals surface area contributed by atoms with E-state index in [1.807, 2.05) is 0 Å². The first-order valence-corrected chi connectivity index (χ1v) is 17.7. The minimum atomic E-state index is -4.74. The fourth-order valence-electron chi connectivity index (χ4n) is 4.96.